The molecular weight excluding hydrogens is 361 g/mol. The summed E-state index contributed by atoms with van der Waals surface area (Å²) in [5.74, 6) is 7.08. The second-order valence-corrected chi connectivity index (χ2v) is 4.22. The molecule has 0 unspecified atom stereocenters. The maximum absolute atomic E-state index is 10.8. The number of nitro benzene ring substituents is 1. The molecule has 0 aliphatic rings. The average Bonchev–Trinajstić information content (AvgIpc) is 2.87. The number of non-ortho nitro benzene ring substituents is 1. The minimum absolute atomic E-state index is 0. The summed E-state index contributed by atoms with van der Waals surface area (Å²) in [7, 11) is 1.47. The van der Waals surface area contributed by atoms with E-state index in [9.17, 15) is 10.1 Å². The molecule has 1 aromatic heterocycles. The topological polar surface area (TPSA) is 133 Å². The Bertz CT molecular complexity index is 721. The van der Waals surface area contributed by atoms with Crippen LogP contribution in [0.1, 0.15) is 18.3 Å². The summed E-state index contributed by atoms with van der Waals surface area (Å²) in [6, 6.07) is 4.21. The summed E-state index contributed by atoms with van der Waals surface area (Å²) in [6.45, 7) is 1.90. The number of nitrogens with zero attached hydrogens (tertiary/aromatic N) is 5. The van der Waals surface area contributed by atoms with Crippen LogP contribution in [0.15, 0.2) is 23.3 Å². The first-order valence-electron chi connectivity index (χ1n) is 6.37. The van der Waals surface area contributed by atoms with Crippen LogP contribution in [-0.4, -0.2) is 33.1 Å². The Morgan fingerprint density at radius 2 is 2.17 bits per heavy atom. The van der Waals surface area contributed by atoms with E-state index < -0.39 is 4.92 Å². The van der Waals surface area contributed by atoms with Crippen molar-refractivity contribution in [3.63, 3.8) is 0 Å². The van der Waals surface area contributed by atoms with Crippen LogP contribution in [0.5, 0.6) is 5.75 Å². The molecule has 1 heterocycles. The smallest absolute Gasteiger partial charge is 0.270 e. The van der Waals surface area contributed by atoms with E-state index in [-0.39, 0.29) is 36.4 Å². The van der Waals surface area contributed by atoms with Crippen molar-refractivity contribution in [1.29, 1.82) is 0 Å². The lowest BCUT2D eigenvalue weighted by Crippen LogP contribution is -2.14. The summed E-state index contributed by atoms with van der Waals surface area (Å²) in [6.07, 6.45) is 2.01. The summed E-state index contributed by atoms with van der Waals surface area (Å²) < 4.78 is 6.41. The maximum Gasteiger partial charge on any atom is 0.270 e. The van der Waals surface area contributed by atoms with Crippen molar-refractivity contribution >= 4 is 42.7 Å². The van der Waals surface area contributed by atoms with Gasteiger partial charge in [-0.3, -0.25) is 10.1 Å². The molecule has 0 radical (unpaired) electrons. The molecule has 1 aromatic carbocycles. The summed E-state index contributed by atoms with van der Waals surface area (Å²) >= 11 is 0. The third-order valence-corrected chi connectivity index (χ3v) is 2.87. The molecule has 0 saturated heterocycles. The van der Waals surface area contributed by atoms with Crippen LogP contribution in [0.4, 0.5) is 11.6 Å². The molecule has 0 atom stereocenters. The zero-order valence-electron chi connectivity index (χ0n) is 12.9. The summed E-state index contributed by atoms with van der Waals surface area (Å²) in [5.41, 5.74) is 3.01. The van der Waals surface area contributed by atoms with E-state index in [1.165, 1.54) is 36.2 Å². The Labute approximate surface area is 150 Å². The van der Waals surface area contributed by atoms with Crippen LogP contribution < -0.4 is 16.0 Å². The van der Waals surface area contributed by atoms with Gasteiger partial charge in [-0.2, -0.15) is 5.10 Å². The molecule has 12 heteroatoms. The predicted octanol–water partition coefficient (Wildman–Crippen LogP) is 1.76. The van der Waals surface area contributed by atoms with Gasteiger partial charge in [0.25, 0.3) is 11.6 Å². The van der Waals surface area contributed by atoms with Gasteiger partial charge in [0.15, 0.2) is 5.82 Å². The minimum atomic E-state index is -0.492. The number of nitrogens with two attached hydrogens (primary N) is 1. The first kappa shape index (κ1) is 21.4. The van der Waals surface area contributed by atoms with Crippen LogP contribution in [0, 0.1) is 10.1 Å². The number of ether oxygens (including phenoxy) is 1. The number of hydrazone groups is 1. The van der Waals surface area contributed by atoms with E-state index in [0.717, 1.165) is 0 Å². The molecule has 0 aliphatic heterocycles. The van der Waals surface area contributed by atoms with Gasteiger partial charge < -0.3 is 10.6 Å². The van der Waals surface area contributed by atoms with Crippen LogP contribution in [0.3, 0.4) is 0 Å². The Hall–Kier alpha value is -2.59. The van der Waals surface area contributed by atoms with Crippen molar-refractivity contribution < 1.29 is 9.66 Å². The van der Waals surface area contributed by atoms with Gasteiger partial charge >= 0.3 is 0 Å². The lowest BCUT2D eigenvalue weighted by atomic mass is 10.2. The number of benzene rings is 1. The fourth-order valence-corrected chi connectivity index (χ4v) is 1.74. The highest BCUT2D eigenvalue weighted by molar-refractivity contribution is 5.86. The highest BCUT2D eigenvalue weighted by atomic mass is 35.5. The first-order valence-corrected chi connectivity index (χ1v) is 6.37. The standard InChI is InChI=1S/C12H15N7O3.2ClH/c1-3-11-15-17-12(18(11)13)16-14-7-8-6-9(19(20)21)4-5-10(8)22-2;;/h4-7H,3,13H2,1-2H3,(H,16,17);2*1H/b14-7+;;. The number of aromatic nitrogens is 3. The maximum atomic E-state index is 10.8. The Kier molecular flexibility index (Phi) is 8.50. The number of nitrogens with one attached hydrogen (secondary N) is 1. The van der Waals surface area contributed by atoms with E-state index in [1.54, 1.807) is 0 Å². The molecule has 0 spiro atoms. The van der Waals surface area contributed by atoms with Crippen LogP contribution in [0.25, 0.3) is 0 Å². The third-order valence-electron chi connectivity index (χ3n) is 2.87. The highest BCUT2D eigenvalue weighted by Gasteiger charge is 2.10. The van der Waals surface area contributed by atoms with Crippen LogP contribution in [-0.2, 0) is 6.42 Å². The monoisotopic (exact) mass is 377 g/mol. The molecule has 24 heavy (non-hydrogen) atoms. The van der Waals surface area contributed by atoms with Gasteiger partial charge in [-0.15, -0.1) is 35.0 Å². The van der Waals surface area contributed by atoms with Crippen molar-refractivity contribution in [1.82, 2.24) is 14.9 Å². The molecule has 3 N–H and O–H groups in total. The molecular formula is C12H17Cl2N7O3. The van der Waals surface area contributed by atoms with E-state index >= 15 is 0 Å². The van der Waals surface area contributed by atoms with Gasteiger partial charge in [-0.1, -0.05) is 6.92 Å². The van der Waals surface area contributed by atoms with Gasteiger partial charge in [0.2, 0.25) is 0 Å². The number of anilines is 1. The van der Waals surface area contributed by atoms with Crippen molar-refractivity contribution in [2.24, 2.45) is 5.10 Å². The van der Waals surface area contributed by atoms with Crippen LogP contribution in [0.2, 0.25) is 0 Å². The zero-order chi connectivity index (χ0) is 16.1. The normalized spacial score (nSPS) is 9.92. The van der Waals surface area contributed by atoms with Gasteiger partial charge in [0.05, 0.1) is 18.2 Å². The summed E-state index contributed by atoms with van der Waals surface area (Å²) in [5, 5.41) is 22.4. The van der Waals surface area contributed by atoms with Crippen molar-refractivity contribution in [3.05, 3.63) is 39.7 Å². The number of nitrogen functional groups attached to an aromatic ring is 1. The van der Waals surface area contributed by atoms with E-state index in [0.29, 0.717) is 23.6 Å². The number of hydrogen-bond acceptors (Lipinski definition) is 8. The van der Waals surface area contributed by atoms with Crippen molar-refractivity contribution in [3.8, 4) is 5.75 Å². The van der Waals surface area contributed by atoms with Gasteiger partial charge in [0, 0.05) is 24.1 Å². The number of rotatable bonds is 6. The lowest BCUT2D eigenvalue weighted by Gasteiger charge is -2.04. The zero-order valence-corrected chi connectivity index (χ0v) is 14.5. The molecule has 0 saturated carbocycles. The van der Waals surface area contributed by atoms with Gasteiger partial charge in [-0.05, 0) is 6.07 Å². The second kappa shape index (κ2) is 9.53. The molecule has 10 nitrogen and oxygen atoms in total. The molecule has 0 fully saturated rings. The summed E-state index contributed by atoms with van der Waals surface area (Å²) in [4.78, 5) is 10.3. The van der Waals surface area contributed by atoms with E-state index in [4.69, 9.17) is 10.6 Å². The number of aryl methyl sites for hydroxylation is 1. The predicted molar refractivity (Wildman–Crippen MR) is 94.9 cm³/mol. The SMILES string of the molecule is CCc1nnc(N/N=C/c2cc([N+](=O)[O-])ccc2OC)n1N.Cl.Cl. The Morgan fingerprint density at radius 3 is 2.71 bits per heavy atom. The highest BCUT2D eigenvalue weighted by Crippen LogP contribution is 2.22. The molecule has 132 valence electrons. The number of nitro groups is 1. The Balaban J connectivity index is 0.00000264. The Morgan fingerprint density at radius 1 is 1.46 bits per heavy atom. The fourth-order valence-electron chi connectivity index (χ4n) is 1.74. The third kappa shape index (κ3) is 4.70. The van der Waals surface area contributed by atoms with Gasteiger partial charge in [0.1, 0.15) is 5.75 Å². The molecule has 0 amide bonds. The van der Waals surface area contributed by atoms with Crippen LogP contribution >= 0.6 is 24.8 Å². The molecule has 2 rings (SSSR count). The fraction of sp³-hybridized carbons (Fsp3) is 0.250. The number of halogens is 2. The number of hydrogen-bond donors (Lipinski definition) is 2. The molecule has 0 bridgehead atoms. The van der Waals surface area contributed by atoms with Crippen molar-refractivity contribution in [2.75, 3.05) is 18.4 Å². The largest absolute Gasteiger partial charge is 0.496 e. The molecule has 0 aliphatic carbocycles. The quantitative estimate of drug-likeness (QED) is 0.339. The molecule has 2 aromatic rings. The van der Waals surface area contributed by atoms with E-state index in [1.807, 2.05) is 6.92 Å². The first-order chi connectivity index (χ1) is 10.6. The minimum Gasteiger partial charge on any atom is -0.496 e. The number of methoxy groups -OCH3 is 1. The van der Waals surface area contributed by atoms with Crippen molar-refractivity contribution in [2.45, 2.75) is 13.3 Å². The lowest BCUT2D eigenvalue weighted by molar-refractivity contribution is -0.384. The second-order valence-electron chi connectivity index (χ2n) is 4.22. The average molecular weight is 378 g/mol. The van der Waals surface area contributed by atoms with Gasteiger partial charge in [-0.25, -0.2) is 10.1 Å². The van der Waals surface area contributed by atoms with E-state index in [2.05, 4.69) is 20.7 Å².